The maximum absolute atomic E-state index is 12.5. The number of benzene rings is 1. The van der Waals surface area contributed by atoms with Crippen LogP contribution in [0.4, 0.5) is 0 Å². The zero-order chi connectivity index (χ0) is 20.2. The minimum atomic E-state index is -0.135. The van der Waals surface area contributed by atoms with Crippen LogP contribution >= 0.6 is 0 Å². The lowest BCUT2D eigenvalue weighted by molar-refractivity contribution is -0.140. The summed E-state index contributed by atoms with van der Waals surface area (Å²) in [7, 11) is 0. The van der Waals surface area contributed by atoms with E-state index < -0.39 is 0 Å². The summed E-state index contributed by atoms with van der Waals surface area (Å²) in [6.07, 6.45) is 5.92. The molecule has 3 amide bonds. The Bertz CT molecular complexity index is 727. The Labute approximate surface area is 172 Å². The molecule has 0 bridgehead atoms. The van der Waals surface area contributed by atoms with Crippen molar-refractivity contribution in [3.63, 3.8) is 0 Å². The van der Waals surface area contributed by atoms with E-state index in [1.54, 1.807) is 0 Å². The first-order valence-corrected chi connectivity index (χ1v) is 11.0. The first-order chi connectivity index (χ1) is 14.1. The second-order valence-corrected chi connectivity index (χ2v) is 8.70. The van der Waals surface area contributed by atoms with Gasteiger partial charge in [0.1, 0.15) is 0 Å². The molecule has 1 aromatic rings. The van der Waals surface area contributed by atoms with E-state index in [2.05, 4.69) is 34.5 Å². The number of nitrogens with one attached hydrogen (secondary N) is 1. The van der Waals surface area contributed by atoms with E-state index in [0.717, 1.165) is 58.2 Å². The Kier molecular flexibility index (Phi) is 6.28. The molecule has 3 fully saturated rings. The molecule has 156 valence electrons. The largest absolute Gasteiger partial charge is 0.352 e. The number of likely N-dealkylation sites (tertiary alicyclic amines) is 2. The van der Waals surface area contributed by atoms with E-state index in [1.807, 2.05) is 6.07 Å². The van der Waals surface area contributed by atoms with Gasteiger partial charge in [-0.3, -0.25) is 24.2 Å². The quantitative estimate of drug-likeness (QED) is 0.748. The summed E-state index contributed by atoms with van der Waals surface area (Å²) < 4.78 is 0. The lowest BCUT2D eigenvalue weighted by Gasteiger charge is -2.33. The molecule has 1 aliphatic carbocycles. The molecule has 2 saturated heterocycles. The van der Waals surface area contributed by atoms with Gasteiger partial charge in [0, 0.05) is 32.1 Å². The van der Waals surface area contributed by atoms with Crippen LogP contribution in [-0.2, 0) is 20.9 Å². The van der Waals surface area contributed by atoms with Crippen molar-refractivity contribution >= 4 is 17.7 Å². The number of hydrogen-bond donors (Lipinski definition) is 1. The lowest BCUT2D eigenvalue weighted by Crippen LogP contribution is -2.48. The Balaban J connectivity index is 1.24. The number of carbonyl (C=O) groups is 3. The van der Waals surface area contributed by atoms with Gasteiger partial charge in [-0.25, -0.2) is 0 Å². The van der Waals surface area contributed by atoms with Gasteiger partial charge in [-0.2, -0.15) is 0 Å². The molecule has 3 atom stereocenters. The van der Waals surface area contributed by atoms with Gasteiger partial charge in [0.25, 0.3) is 0 Å². The van der Waals surface area contributed by atoms with Gasteiger partial charge in [-0.1, -0.05) is 43.2 Å². The van der Waals surface area contributed by atoms with Crippen molar-refractivity contribution in [2.45, 2.75) is 57.5 Å². The molecule has 0 radical (unpaired) electrons. The zero-order valence-electron chi connectivity index (χ0n) is 17.0. The van der Waals surface area contributed by atoms with Crippen molar-refractivity contribution in [3.8, 4) is 0 Å². The number of rotatable bonds is 6. The summed E-state index contributed by atoms with van der Waals surface area (Å²) in [5, 5.41) is 3.12. The van der Waals surface area contributed by atoms with Gasteiger partial charge in [0.15, 0.2) is 0 Å². The minimum Gasteiger partial charge on any atom is -0.352 e. The SMILES string of the molecule is O=C(CCN1C(=O)[C@@H]2CCCC[C@H]2C1=O)N[C@H]1CCCN(Cc2ccccc2)C1. The molecule has 4 rings (SSSR count). The van der Waals surface area contributed by atoms with Crippen LogP contribution in [0.15, 0.2) is 30.3 Å². The molecule has 6 heteroatoms. The number of fused-ring (bicyclic) bond motifs is 1. The maximum Gasteiger partial charge on any atom is 0.233 e. The molecule has 0 aromatic heterocycles. The highest BCUT2D eigenvalue weighted by atomic mass is 16.2. The first-order valence-electron chi connectivity index (χ1n) is 11.0. The second kappa shape index (κ2) is 9.08. The molecule has 1 saturated carbocycles. The van der Waals surface area contributed by atoms with Crippen molar-refractivity contribution in [1.82, 2.24) is 15.1 Å². The van der Waals surface area contributed by atoms with Gasteiger partial charge >= 0.3 is 0 Å². The van der Waals surface area contributed by atoms with E-state index in [9.17, 15) is 14.4 Å². The summed E-state index contributed by atoms with van der Waals surface area (Å²) >= 11 is 0. The third-order valence-corrected chi connectivity index (χ3v) is 6.61. The van der Waals surface area contributed by atoms with Crippen LogP contribution in [0, 0.1) is 11.8 Å². The predicted molar refractivity (Wildman–Crippen MR) is 110 cm³/mol. The van der Waals surface area contributed by atoms with Crippen molar-refractivity contribution in [3.05, 3.63) is 35.9 Å². The number of imide groups is 1. The average Bonchev–Trinajstić information content (AvgIpc) is 2.98. The summed E-state index contributed by atoms with van der Waals surface area (Å²) in [6.45, 7) is 3.00. The number of hydrogen-bond acceptors (Lipinski definition) is 4. The summed E-state index contributed by atoms with van der Waals surface area (Å²) in [5.74, 6) is -0.446. The van der Waals surface area contributed by atoms with E-state index in [0.29, 0.717) is 0 Å². The number of nitrogens with zero attached hydrogens (tertiary/aromatic N) is 2. The van der Waals surface area contributed by atoms with Gasteiger partial charge in [0.05, 0.1) is 11.8 Å². The van der Waals surface area contributed by atoms with Crippen molar-refractivity contribution in [2.24, 2.45) is 11.8 Å². The molecule has 29 heavy (non-hydrogen) atoms. The topological polar surface area (TPSA) is 69.7 Å². The van der Waals surface area contributed by atoms with Crippen LogP contribution in [0.3, 0.4) is 0 Å². The second-order valence-electron chi connectivity index (χ2n) is 8.70. The molecule has 6 nitrogen and oxygen atoms in total. The van der Waals surface area contributed by atoms with Gasteiger partial charge in [0.2, 0.25) is 17.7 Å². The molecule has 0 unspecified atom stereocenters. The van der Waals surface area contributed by atoms with E-state index in [-0.39, 0.29) is 48.6 Å². The minimum absolute atomic E-state index is 0.0563. The number of carbonyl (C=O) groups excluding carboxylic acids is 3. The Morgan fingerprint density at radius 3 is 2.34 bits per heavy atom. The summed E-state index contributed by atoms with van der Waals surface area (Å²) in [5.41, 5.74) is 1.28. The highest BCUT2D eigenvalue weighted by molar-refractivity contribution is 6.05. The summed E-state index contributed by atoms with van der Waals surface area (Å²) in [6, 6.07) is 10.5. The smallest absolute Gasteiger partial charge is 0.233 e. The Morgan fingerprint density at radius 2 is 1.66 bits per heavy atom. The first kappa shape index (κ1) is 20.1. The highest BCUT2D eigenvalue weighted by Crippen LogP contribution is 2.37. The monoisotopic (exact) mass is 397 g/mol. The third-order valence-electron chi connectivity index (χ3n) is 6.61. The van der Waals surface area contributed by atoms with Gasteiger partial charge in [-0.15, -0.1) is 0 Å². The fraction of sp³-hybridized carbons (Fsp3) is 0.609. The molecule has 1 aromatic carbocycles. The van der Waals surface area contributed by atoms with Crippen LogP contribution in [0.2, 0.25) is 0 Å². The molecule has 2 heterocycles. The molecular formula is C23H31N3O3. The fourth-order valence-electron chi connectivity index (χ4n) is 5.12. The molecule has 3 aliphatic rings. The normalized spacial score (nSPS) is 27.7. The Morgan fingerprint density at radius 1 is 0.966 bits per heavy atom. The standard InChI is InChI=1S/C23H31N3O3/c27-21(12-14-26-22(28)19-10-4-5-11-20(19)23(26)29)24-18-9-6-13-25(16-18)15-17-7-2-1-3-8-17/h1-3,7-8,18-20H,4-6,9-16H2,(H,24,27)/t18-,19+,20+/m0/s1. The van der Waals surface area contributed by atoms with Crippen LogP contribution < -0.4 is 5.32 Å². The lowest BCUT2D eigenvalue weighted by atomic mass is 9.81. The highest BCUT2D eigenvalue weighted by Gasteiger charge is 2.47. The van der Waals surface area contributed by atoms with E-state index >= 15 is 0 Å². The van der Waals surface area contributed by atoms with Crippen molar-refractivity contribution < 1.29 is 14.4 Å². The summed E-state index contributed by atoms with van der Waals surface area (Å²) in [4.78, 5) is 41.3. The van der Waals surface area contributed by atoms with Crippen LogP contribution in [0.5, 0.6) is 0 Å². The molecular weight excluding hydrogens is 366 g/mol. The number of piperidine rings is 1. The average molecular weight is 398 g/mol. The number of amides is 3. The molecule has 2 aliphatic heterocycles. The predicted octanol–water partition coefficient (Wildman–Crippen LogP) is 2.33. The van der Waals surface area contributed by atoms with Gasteiger partial charge in [-0.05, 0) is 37.8 Å². The van der Waals surface area contributed by atoms with E-state index in [1.165, 1.54) is 10.5 Å². The van der Waals surface area contributed by atoms with E-state index in [4.69, 9.17) is 0 Å². The molecule has 1 N–H and O–H groups in total. The Hall–Kier alpha value is -2.21. The zero-order valence-corrected chi connectivity index (χ0v) is 17.0. The third kappa shape index (κ3) is 4.69. The fourth-order valence-corrected chi connectivity index (χ4v) is 5.12. The van der Waals surface area contributed by atoms with Crippen LogP contribution in [-0.4, -0.2) is 53.2 Å². The van der Waals surface area contributed by atoms with Gasteiger partial charge < -0.3 is 5.32 Å². The molecule has 0 spiro atoms. The van der Waals surface area contributed by atoms with Crippen LogP contribution in [0.1, 0.15) is 50.5 Å². The van der Waals surface area contributed by atoms with Crippen molar-refractivity contribution in [1.29, 1.82) is 0 Å². The van der Waals surface area contributed by atoms with Crippen molar-refractivity contribution in [2.75, 3.05) is 19.6 Å². The van der Waals surface area contributed by atoms with Crippen LogP contribution in [0.25, 0.3) is 0 Å². The maximum atomic E-state index is 12.5.